The summed E-state index contributed by atoms with van der Waals surface area (Å²) in [6, 6.07) is 4.24. The van der Waals surface area contributed by atoms with Crippen molar-refractivity contribution < 1.29 is 17.6 Å². The molecule has 0 spiro atoms. The maximum Gasteiger partial charge on any atom is 0.390 e. The van der Waals surface area contributed by atoms with Crippen molar-refractivity contribution >= 4 is 5.69 Å². The topological polar surface area (TPSA) is 38.0 Å². The molecule has 0 radical (unpaired) electrons. The molecule has 0 aliphatic carbocycles. The number of rotatable bonds is 4. The number of nitrogens with one attached hydrogen (secondary N) is 1. The number of nitrogen functional groups attached to an aromatic ring is 1. The molecule has 0 saturated carbocycles. The quantitative estimate of drug-likeness (QED) is 0.478. The van der Waals surface area contributed by atoms with E-state index in [0.717, 1.165) is 0 Å². The molecule has 0 heterocycles. The molecule has 16 heavy (non-hydrogen) atoms. The Labute approximate surface area is 90.4 Å². The molecule has 1 rings (SSSR count). The molecule has 0 amide bonds. The van der Waals surface area contributed by atoms with E-state index in [0.29, 0.717) is 5.56 Å². The summed E-state index contributed by atoms with van der Waals surface area (Å²) >= 11 is 0. The van der Waals surface area contributed by atoms with Crippen LogP contribution in [0.1, 0.15) is 12.0 Å². The third-order valence-electron chi connectivity index (χ3n) is 2.04. The Kier molecular flexibility index (Phi) is 4.12. The van der Waals surface area contributed by atoms with Crippen LogP contribution in [0.4, 0.5) is 23.2 Å². The number of anilines is 1. The van der Waals surface area contributed by atoms with Crippen LogP contribution in [-0.2, 0) is 6.54 Å². The lowest BCUT2D eigenvalue weighted by Crippen LogP contribution is -2.21. The van der Waals surface area contributed by atoms with Gasteiger partial charge < -0.3 is 11.1 Å². The fourth-order valence-electron chi connectivity index (χ4n) is 1.19. The van der Waals surface area contributed by atoms with Gasteiger partial charge in [0.1, 0.15) is 5.82 Å². The minimum atomic E-state index is -4.18. The zero-order chi connectivity index (χ0) is 12.2. The monoisotopic (exact) mass is 236 g/mol. The van der Waals surface area contributed by atoms with Gasteiger partial charge >= 0.3 is 6.18 Å². The van der Waals surface area contributed by atoms with Gasteiger partial charge in [-0.25, -0.2) is 4.39 Å². The zero-order valence-corrected chi connectivity index (χ0v) is 8.44. The first kappa shape index (κ1) is 12.8. The van der Waals surface area contributed by atoms with Crippen LogP contribution in [0.15, 0.2) is 18.2 Å². The Balaban J connectivity index is 2.41. The number of alkyl halides is 3. The molecule has 1 aromatic rings. The molecule has 6 heteroatoms. The fraction of sp³-hybridized carbons (Fsp3) is 0.400. The van der Waals surface area contributed by atoms with Crippen LogP contribution in [0.25, 0.3) is 0 Å². The average Bonchev–Trinajstić information content (AvgIpc) is 2.17. The molecule has 2 nitrogen and oxygen atoms in total. The molecule has 0 fully saturated rings. The van der Waals surface area contributed by atoms with Gasteiger partial charge in [0, 0.05) is 13.1 Å². The van der Waals surface area contributed by atoms with Gasteiger partial charge in [-0.1, -0.05) is 12.1 Å². The highest BCUT2D eigenvalue weighted by atomic mass is 19.4. The van der Waals surface area contributed by atoms with Crippen molar-refractivity contribution in [3.8, 4) is 0 Å². The van der Waals surface area contributed by atoms with Crippen LogP contribution in [-0.4, -0.2) is 12.7 Å². The lowest BCUT2D eigenvalue weighted by molar-refractivity contribution is -0.133. The zero-order valence-electron chi connectivity index (χ0n) is 8.44. The van der Waals surface area contributed by atoms with E-state index in [1.54, 1.807) is 6.07 Å². The van der Waals surface area contributed by atoms with E-state index in [2.05, 4.69) is 5.32 Å². The van der Waals surface area contributed by atoms with Crippen LogP contribution in [0, 0.1) is 5.82 Å². The van der Waals surface area contributed by atoms with Crippen LogP contribution in [0.3, 0.4) is 0 Å². The van der Waals surface area contributed by atoms with Crippen molar-refractivity contribution in [2.24, 2.45) is 0 Å². The summed E-state index contributed by atoms with van der Waals surface area (Å²) < 4.78 is 48.3. The minimum absolute atomic E-state index is 0.0259. The third-order valence-corrected chi connectivity index (χ3v) is 2.04. The number of benzene rings is 1. The first-order valence-corrected chi connectivity index (χ1v) is 4.70. The van der Waals surface area contributed by atoms with Crippen molar-refractivity contribution in [2.45, 2.75) is 19.1 Å². The van der Waals surface area contributed by atoms with E-state index in [9.17, 15) is 17.6 Å². The summed E-state index contributed by atoms with van der Waals surface area (Å²) in [5, 5.41) is 2.56. The lowest BCUT2D eigenvalue weighted by Gasteiger charge is -2.09. The molecule has 0 atom stereocenters. The highest BCUT2D eigenvalue weighted by Gasteiger charge is 2.25. The second-order valence-corrected chi connectivity index (χ2v) is 3.35. The van der Waals surface area contributed by atoms with Gasteiger partial charge in [0.05, 0.1) is 12.1 Å². The summed E-state index contributed by atoms with van der Waals surface area (Å²) in [7, 11) is 0. The Hall–Kier alpha value is -1.30. The molecule has 0 unspecified atom stereocenters. The summed E-state index contributed by atoms with van der Waals surface area (Å²) in [4.78, 5) is 0. The van der Waals surface area contributed by atoms with Gasteiger partial charge in [-0.05, 0) is 11.6 Å². The molecule has 0 bridgehead atoms. The number of hydrogen-bond acceptors (Lipinski definition) is 2. The molecule has 3 N–H and O–H groups in total. The Morgan fingerprint density at radius 2 is 1.94 bits per heavy atom. The van der Waals surface area contributed by atoms with E-state index in [4.69, 9.17) is 5.73 Å². The van der Waals surface area contributed by atoms with Crippen molar-refractivity contribution in [2.75, 3.05) is 12.3 Å². The van der Waals surface area contributed by atoms with Gasteiger partial charge in [-0.15, -0.1) is 0 Å². The fourth-order valence-corrected chi connectivity index (χ4v) is 1.19. The van der Waals surface area contributed by atoms with Crippen LogP contribution in [0.2, 0.25) is 0 Å². The maximum atomic E-state index is 12.9. The summed E-state index contributed by atoms with van der Waals surface area (Å²) in [6.07, 6.45) is -5.09. The van der Waals surface area contributed by atoms with Crippen molar-refractivity contribution in [3.05, 3.63) is 29.6 Å². The number of hydrogen-bond donors (Lipinski definition) is 2. The number of para-hydroxylation sites is 1. The number of nitrogens with two attached hydrogens (primary N) is 1. The highest BCUT2D eigenvalue weighted by Crippen LogP contribution is 2.19. The molecule has 90 valence electrons. The van der Waals surface area contributed by atoms with Crippen LogP contribution >= 0.6 is 0 Å². The SMILES string of the molecule is Nc1c(F)cccc1CNCCC(F)(F)F. The van der Waals surface area contributed by atoms with Gasteiger partial charge in [0.15, 0.2) is 0 Å². The summed E-state index contributed by atoms with van der Waals surface area (Å²) in [5.41, 5.74) is 5.85. The van der Waals surface area contributed by atoms with E-state index in [-0.39, 0.29) is 18.8 Å². The van der Waals surface area contributed by atoms with E-state index in [1.165, 1.54) is 12.1 Å². The minimum Gasteiger partial charge on any atom is -0.396 e. The smallest absolute Gasteiger partial charge is 0.390 e. The molecule has 0 aliphatic heterocycles. The van der Waals surface area contributed by atoms with Gasteiger partial charge in [0.2, 0.25) is 0 Å². The largest absolute Gasteiger partial charge is 0.396 e. The predicted octanol–water partition coefficient (Wildman–Crippen LogP) is 2.45. The van der Waals surface area contributed by atoms with Crippen molar-refractivity contribution in [3.63, 3.8) is 0 Å². The Morgan fingerprint density at radius 3 is 2.56 bits per heavy atom. The maximum absolute atomic E-state index is 12.9. The molecule has 0 saturated heterocycles. The van der Waals surface area contributed by atoms with Crippen molar-refractivity contribution in [1.82, 2.24) is 5.32 Å². The molecule has 0 aromatic heterocycles. The molecule has 0 aliphatic rings. The average molecular weight is 236 g/mol. The van der Waals surface area contributed by atoms with Crippen LogP contribution in [0.5, 0.6) is 0 Å². The Bertz CT molecular complexity index is 349. The highest BCUT2D eigenvalue weighted by molar-refractivity contribution is 5.47. The summed E-state index contributed by atoms with van der Waals surface area (Å²) in [5.74, 6) is -0.560. The molecule has 1 aromatic carbocycles. The molecular weight excluding hydrogens is 224 g/mol. The second kappa shape index (κ2) is 5.16. The lowest BCUT2D eigenvalue weighted by atomic mass is 10.1. The van der Waals surface area contributed by atoms with Gasteiger partial charge in [-0.2, -0.15) is 13.2 Å². The third kappa shape index (κ3) is 4.06. The standard InChI is InChI=1S/C10H12F4N2/c11-8-3-1-2-7(9(8)15)6-16-5-4-10(12,13)14/h1-3,16H,4-6,15H2. The molecular formula is C10H12F4N2. The van der Waals surface area contributed by atoms with Crippen molar-refractivity contribution in [1.29, 1.82) is 0 Å². The van der Waals surface area contributed by atoms with Crippen LogP contribution < -0.4 is 11.1 Å². The van der Waals surface area contributed by atoms with E-state index in [1.807, 2.05) is 0 Å². The normalized spacial score (nSPS) is 11.8. The summed E-state index contributed by atoms with van der Waals surface area (Å²) in [6.45, 7) is -0.0842. The van der Waals surface area contributed by atoms with E-state index >= 15 is 0 Å². The van der Waals surface area contributed by atoms with Gasteiger partial charge in [-0.3, -0.25) is 0 Å². The first-order chi connectivity index (χ1) is 7.40. The second-order valence-electron chi connectivity index (χ2n) is 3.35. The number of halogens is 4. The van der Waals surface area contributed by atoms with E-state index < -0.39 is 18.4 Å². The predicted molar refractivity (Wildman–Crippen MR) is 53.2 cm³/mol. The first-order valence-electron chi connectivity index (χ1n) is 4.70. The van der Waals surface area contributed by atoms with Gasteiger partial charge in [0.25, 0.3) is 0 Å². The Morgan fingerprint density at radius 1 is 1.25 bits per heavy atom.